The van der Waals surface area contributed by atoms with Gasteiger partial charge in [-0.2, -0.15) is 5.26 Å². The third-order valence-corrected chi connectivity index (χ3v) is 2.54. The minimum Gasteiger partial charge on any atom is -0.496 e. The first-order chi connectivity index (χ1) is 6.60. The fourth-order valence-electron chi connectivity index (χ4n) is 1.13. The van der Waals surface area contributed by atoms with E-state index in [-0.39, 0.29) is 11.7 Å². The zero-order valence-corrected chi connectivity index (χ0v) is 9.43. The van der Waals surface area contributed by atoms with Crippen LogP contribution < -0.4 is 4.74 Å². The molecule has 1 aromatic rings. The molecule has 4 heteroatoms. The highest BCUT2D eigenvalue weighted by Gasteiger charge is 2.14. The lowest BCUT2D eigenvalue weighted by molar-refractivity contribution is 0.407. The van der Waals surface area contributed by atoms with E-state index in [1.54, 1.807) is 6.92 Å². The highest BCUT2D eigenvalue weighted by molar-refractivity contribution is 9.10. The summed E-state index contributed by atoms with van der Waals surface area (Å²) in [6.45, 7) is 1.70. The maximum Gasteiger partial charge on any atom is 0.137 e. The van der Waals surface area contributed by atoms with Crippen LogP contribution in [0.4, 0.5) is 4.39 Å². The van der Waals surface area contributed by atoms with Gasteiger partial charge in [0.05, 0.1) is 23.6 Å². The summed E-state index contributed by atoms with van der Waals surface area (Å²) in [4.78, 5) is 0. The molecular formula is C10H9BrFNO. The molecule has 74 valence electrons. The molecule has 1 atom stereocenters. The summed E-state index contributed by atoms with van der Waals surface area (Å²) in [7, 11) is 1.49. The average molecular weight is 258 g/mol. The standard InChI is InChI=1S/C10H9BrFNO/c1-6(5-13)7-3-9(12)8(11)4-10(7)14-2/h3-4,6H,1-2H3. The SMILES string of the molecule is COc1cc(Br)c(F)cc1C(C)C#N. The zero-order valence-electron chi connectivity index (χ0n) is 7.84. The Hall–Kier alpha value is -1.08. The Morgan fingerprint density at radius 1 is 1.57 bits per heavy atom. The van der Waals surface area contributed by atoms with E-state index >= 15 is 0 Å². The molecule has 0 radical (unpaired) electrons. The Balaban J connectivity index is 3.28. The van der Waals surface area contributed by atoms with Crippen LogP contribution >= 0.6 is 15.9 Å². The first kappa shape index (κ1) is 11.0. The van der Waals surface area contributed by atoms with Crippen molar-refractivity contribution in [3.8, 4) is 11.8 Å². The Kier molecular flexibility index (Phi) is 3.48. The van der Waals surface area contributed by atoms with Crippen molar-refractivity contribution >= 4 is 15.9 Å². The number of ether oxygens (including phenoxy) is 1. The van der Waals surface area contributed by atoms with Crippen molar-refractivity contribution in [1.82, 2.24) is 0 Å². The summed E-state index contributed by atoms with van der Waals surface area (Å²) in [5, 5.41) is 8.73. The molecule has 0 aliphatic heterocycles. The number of benzene rings is 1. The zero-order chi connectivity index (χ0) is 10.7. The second-order valence-corrected chi connectivity index (χ2v) is 3.71. The maximum atomic E-state index is 13.2. The Morgan fingerprint density at radius 2 is 2.21 bits per heavy atom. The van der Waals surface area contributed by atoms with Crippen LogP contribution in [0.25, 0.3) is 0 Å². The average Bonchev–Trinajstić information content (AvgIpc) is 2.20. The van der Waals surface area contributed by atoms with E-state index in [0.717, 1.165) is 0 Å². The second kappa shape index (κ2) is 4.43. The van der Waals surface area contributed by atoms with E-state index in [2.05, 4.69) is 15.9 Å². The third-order valence-electron chi connectivity index (χ3n) is 1.93. The number of rotatable bonds is 2. The lowest BCUT2D eigenvalue weighted by Crippen LogP contribution is -1.97. The molecule has 14 heavy (non-hydrogen) atoms. The van der Waals surface area contributed by atoms with Crippen molar-refractivity contribution in [3.05, 3.63) is 28.0 Å². The van der Waals surface area contributed by atoms with Gasteiger partial charge >= 0.3 is 0 Å². The molecule has 0 heterocycles. The first-order valence-corrected chi connectivity index (χ1v) is 4.82. The fourth-order valence-corrected chi connectivity index (χ4v) is 1.45. The minimum absolute atomic E-state index is 0.336. The molecule has 0 spiro atoms. The molecule has 0 N–H and O–H groups in total. The van der Waals surface area contributed by atoms with Crippen LogP contribution in [0.2, 0.25) is 0 Å². The monoisotopic (exact) mass is 257 g/mol. The molecule has 0 saturated heterocycles. The van der Waals surface area contributed by atoms with Crippen LogP contribution in [-0.4, -0.2) is 7.11 Å². The van der Waals surface area contributed by atoms with Gasteiger partial charge < -0.3 is 4.74 Å². The number of methoxy groups -OCH3 is 1. The van der Waals surface area contributed by atoms with Gasteiger partial charge in [-0.15, -0.1) is 0 Å². The van der Waals surface area contributed by atoms with Crippen molar-refractivity contribution < 1.29 is 9.13 Å². The number of nitrogens with zero attached hydrogens (tertiary/aromatic N) is 1. The molecule has 0 bridgehead atoms. The number of halogens is 2. The molecule has 1 rings (SSSR count). The molecule has 1 aromatic carbocycles. The molecular weight excluding hydrogens is 249 g/mol. The highest BCUT2D eigenvalue weighted by atomic mass is 79.9. The normalized spacial score (nSPS) is 11.9. The van der Waals surface area contributed by atoms with Crippen molar-refractivity contribution in [2.75, 3.05) is 7.11 Å². The van der Waals surface area contributed by atoms with Gasteiger partial charge in [-0.05, 0) is 35.0 Å². The quantitative estimate of drug-likeness (QED) is 0.815. The Bertz CT molecular complexity index is 386. The van der Waals surface area contributed by atoms with Gasteiger partial charge in [0.2, 0.25) is 0 Å². The second-order valence-electron chi connectivity index (χ2n) is 2.86. The predicted octanol–water partition coefficient (Wildman–Crippen LogP) is 3.22. The lowest BCUT2D eigenvalue weighted by Gasteiger charge is -2.10. The van der Waals surface area contributed by atoms with E-state index in [4.69, 9.17) is 10.00 Å². The van der Waals surface area contributed by atoms with Gasteiger partial charge in [0.1, 0.15) is 11.6 Å². The minimum atomic E-state index is -0.386. The van der Waals surface area contributed by atoms with E-state index in [1.165, 1.54) is 19.2 Å². The fraction of sp³-hybridized carbons (Fsp3) is 0.300. The molecule has 0 aliphatic carbocycles. The van der Waals surface area contributed by atoms with E-state index in [1.807, 2.05) is 6.07 Å². The Labute approximate surface area is 90.4 Å². The summed E-state index contributed by atoms with van der Waals surface area (Å²) in [5.74, 6) is -0.247. The van der Waals surface area contributed by atoms with E-state index in [9.17, 15) is 4.39 Å². The van der Waals surface area contributed by atoms with Gasteiger partial charge in [0.15, 0.2) is 0 Å². The summed E-state index contributed by atoms with van der Waals surface area (Å²) >= 11 is 3.05. The predicted molar refractivity (Wildman–Crippen MR) is 54.7 cm³/mol. The molecule has 0 fully saturated rings. The maximum absolute atomic E-state index is 13.2. The molecule has 0 amide bonds. The van der Waals surface area contributed by atoms with Crippen LogP contribution in [0, 0.1) is 17.1 Å². The van der Waals surface area contributed by atoms with Crippen LogP contribution in [-0.2, 0) is 0 Å². The molecule has 0 aliphatic rings. The smallest absolute Gasteiger partial charge is 0.137 e. The van der Waals surface area contributed by atoms with Crippen molar-refractivity contribution in [1.29, 1.82) is 5.26 Å². The topological polar surface area (TPSA) is 33.0 Å². The molecule has 0 aromatic heterocycles. The van der Waals surface area contributed by atoms with Gasteiger partial charge in [0.25, 0.3) is 0 Å². The molecule has 2 nitrogen and oxygen atoms in total. The van der Waals surface area contributed by atoms with Gasteiger partial charge in [-0.25, -0.2) is 4.39 Å². The summed E-state index contributed by atoms with van der Waals surface area (Å²) < 4.78 is 18.6. The molecule has 1 unspecified atom stereocenters. The van der Waals surface area contributed by atoms with Gasteiger partial charge in [0, 0.05) is 5.56 Å². The van der Waals surface area contributed by atoms with Gasteiger partial charge in [-0.1, -0.05) is 0 Å². The van der Waals surface area contributed by atoms with Crippen molar-refractivity contribution in [2.45, 2.75) is 12.8 Å². The number of nitriles is 1. The van der Waals surface area contributed by atoms with Crippen molar-refractivity contribution in [2.24, 2.45) is 0 Å². The highest BCUT2D eigenvalue weighted by Crippen LogP contribution is 2.31. The van der Waals surface area contributed by atoms with Crippen LogP contribution in [0.3, 0.4) is 0 Å². The number of hydrogen-bond acceptors (Lipinski definition) is 2. The van der Waals surface area contributed by atoms with Crippen LogP contribution in [0.5, 0.6) is 5.75 Å². The third kappa shape index (κ3) is 2.05. The van der Waals surface area contributed by atoms with E-state index < -0.39 is 0 Å². The summed E-state index contributed by atoms with van der Waals surface area (Å²) in [5.41, 5.74) is 0.565. The Morgan fingerprint density at radius 3 is 2.71 bits per heavy atom. The summed E-state index contributed by atoms with van der Waals surface area (Å²) in [6, 6.07) is 4.88. The van der Waals surface area contributed by atoms with Crippen LogP contribution in [0.15, 0.2) is 16.6 Å². The lowest BCUT2D eigenvalue weighted by atomic mass is 10.0. The van der Waals surface area contributed by atoms with E-state index in [0.29, 0.717) is 15.8 Å². The molecule has 0 saturated carbocycles. The van der Waals surface area contributed by atoms with Gasteiger partial charge in [-0.3, -0.25) is 0 Å². The van der Waals surface area contributed by atoms with Crippen LogP contribution in [0.1, 0.15) is 18.4 Å². The number of hydrogen-bond donors (Lipinski definition) is 0. The first-order valence-electron chi connectivity index (χ1n) is 4.02. The largest absolute Gasteiger partial charge is 0.496 e. The summed E-state index contributed by atoms with van der Waals surface area (Å²) in [6.07, 6.45) is 0. The van der Waals surface area contributed by atoms with Crippen molar-refractivity contribution in [3.63, 3.8) is 0 Å².